The Bertz CT molecular complexity index is 1810. The Morgan fingerprint density at radius 2 is 1.21 bits per heavy atom. The third kappa shape index (κ3) is 2.49. The van der Waals surface area contributed by atoms with Crippen molar-refractivity contribution < 1.29 is 14.5 Å². The van der Waals surface area contributed by atoms with E-state index in [1.54, 1.807) is 6.07 Å². The maximum atomic E-state index is 10.1. The fraction of sp³-hybridized carbons (Fsp3) is 0. The molecular weight excluding hydrogens is 409 g/mol. The van der Waals surface area contributed by atoms with Gasteiger partial charge in [0.2, 0.25) is 0 Å². The predicted molar refractivity (Wildman–Crippen MR) is 135 cm³/mol. The summed E-state index contributed by atoms with van der Waals surface area (Å²) in [4.78, 5) is 0. The van der Waals surface area contributed by atoms with Gasteiger partial charge in [-0.2, -0.15) is 0 Å². The predicted octanol–water partition coefficient (Wildman–Crippen LogP) is 5.52. The van der Waals surface area contributed by atoms with E-state index >= 15 is 0 Å². The Kier molecular flexibility index (Phi) is 3.77. The van der Waals surface area contributed by atoms with Gasteiger partial charge in [-0.05, 0) is 29.0 Å². The van der Waals surface area contributed by atoms with E-state index in [0.29, 0.717) is 11.0 Å². The lowest BCUT2D eigenvalue weighted by Crippen LogP contribution is -2.30. The van der Waals surface area contributed by atoms with Gasteiger partial charge >= 0.3 is 7.12 Å². The lowest BCUT2D eigenvalue weighted by Gasteiger charge is -2.08. The molecule has 0 aliphatic rings. The number of nitrogens with zero attached hydrogens (tertiary/aromatic N) is 1. The lowest BCUT2D eigenvalue weighted by molar-refractivity contribution is 0.425. The molecule has 0 atom stereocenters. The van der Waals surface area contributed by atoms with Crippen molar-refractivity contribution in [2.75, 3.05) is 0 Å². The Morgan fingerprint density at radius 1 is 0.606 bits per heavy atom. The minimum absolute atomic E-state index is 0.369. The van der Waals surface area contributed by atoms with E-state index in [2.05, 4.69) is 47.0 Å². The van der Waals surface area contributed by atoms with Gasteiger partial charge in [-0.15, -0.1) is 0 Å². The summed E-state index contributed by atoms with van der Waals surface area (Å²) in [7, 11) is -1.63. The second-order valence-corrected chi connectivity index (χ2v) is 8.39. The molecule has 0 fully saturated rings. The van der Waals surface area contributed by atoms with Crippen molar-refractivity contribution in [3.05, 3.63) is 97.1 Å². The molecule has 2 N–H and O–H groups in total. The molecule has 0 spiro atoms. The van der Waals surface area contributed by atoms with Gasteiger partial charge in [-0.3, -0.25) is 0 Å². The Labute approximate surface area is 189 Å². The topological polar surface area (TPSA) is 58.5 Å². The standard InChI is InChI=1S/C28H18BNO3/c31-29(32)22-16-17-8-1-2-9-18(17)26-21-12-7-15-25(27(21)33-28(22)26)30-23-13-5-3-10-19(23)20-11-4-6-14-24(20)30/h1-16,31-32H. The lowest BCUT2D eigenvalue weighted by atomic mass is 9.78. The van der Waals surface area contributed by atoms with Crippen LogP contribution in [0.3, 0.4) is 0 Å². The number of para-hydroxylation sites is 3. The van der Waals surface area contributed by atoms with E-state index in [1.165, 1.54) is 10.8 Å². The van der Waals surface area contributed by atoms with Crippen molar-refractivity contribution in [1.82, 2.24) is 4.57 Å². The second kappa shape index (κ2) is 6.72. The van der Waals surface area contributed by atoms with Gasteiger partial charge in [0.15, 0.2) is 5.58 Å². The normalized spacial score (nSPS) is 11.9. The van der Waals surface area contributed by atoms with Crippen LogP contribution in [-0.4, -0.2) is 21.7 Å². The van der Waals surface area contributed by atoms with Gasteiger partial charge in [0.1, 0.15) is 5.58 Å². The molecule has 4 nitrogen and oxygen atoms in total. The molecular formula is C28H18BNO3. The first-order chi connectivity index (χ1) is 16.2. The van der Waals surface area contributed by atoms with Crippen LogP contribution in [0.25, 0.3) is 60.2 Å². The summed E-state index contributed by atoms with van der Waals surface area (Å²) in [6, 6.07) is 32.6. The second-order valence-electron chi connectivity index (χ2n) is 8.39. The average molecular weight is 427 g/mol. The Morgan fingerprint density at radius 3 is 1.91 bits per heavy atom. The zero-order valence-electron chi connectivity index (χ0n) is 17.6. The minimum Gasteiger partial charge on any atom is -0.454 e. The van der Waals surface area contributed by atoms with Crippen LogP contribution in [0.1, 0.15) is 0 Å². The number of hydrogen-bond donors (Lipinski definition) is 2. The molecule has 156 valence electrons. The fourth-order valence-electron chi connectivity index (χ4n) is 5.21. The molecule has 0 saturated heterocycles. The van der Waals surface area contributed by atoms with Crippen molar-refractivity contribution in [2.24, 2.45) is 0 Å². The van der Waals surface area contributed by atoms with Crippen LogP contribution in [0.2, 0.25) is 0 Å². The zero-order chi connectivity index (χ0) is 22.1. The van der Waals surface area contributed by atoms with Crippen molar-refractivity contribution in [3.8, 4) is 5.69 Å². The van der Waals surface area contributed by atoms with Crippen LogP contribution in [0.4, 0.5) is 0 Å². The molecule has 2 heterocycles. The molecule has 7 aromatic rings. The van der Waals surface area contributed by atoms with Crippen molar-refractivity contribution in [1.29, 1.82) is 0 Å². The average Bonchev–Trinajstić information content (AvgIpc) is 3.40. The molecule has 5 heteroatoms. The fourth-order valence-corrected chi connectivity index (χ4v) is 5.21. The van der Waals surface area contributed by atoms with E-state index in [0.717, 1.165) is 43.8 Å². The van der Waals surface area contributed by atoms with Gasteiger partial charge in [0, 0.05) is 27.0 Å². The van der Waals surface area contributed by atoms with Crippen LogP contribution < -0.4 is 5.46 Å². The SMILES string of the molecule is OB(O)c1cc2ccccc2c2c1oc1c(-n3c4ccccc4c4ccccc43)cccc12. The summed E-state index contributed by atoms with van der Waals surface area (Å²) in [5.41, 5.74) is 4.71. The summed E-state index contributed by atoms with van der Waals surface area (Å²) in [5.74, 6) is 0. The smallest absolute Gasteiger partial charge is 0.454 e. The number of rotatable bonds is 2. The molecule has 0 amide bonds. The van der Waals surface area contributed by atoms with Gasteiger partial charge in [-0.1, -0.05) is 78.9 Å². The number of hydrogen-bond acceptors (Lipinski definition) is 3. The monoisotopic (exact) mass is 427 g/mol. The van der Waals surface area contributed by atoms with E-state index in [-0.39, 0.29) is 0 Å². The molecule has 5 aromatic carbocycles. The van der Waals surface area contributed by atoms with Crippen LogP contribution in [0.15, 0.2) is 101 Å². The molecule has 0 saturated carbocycles. The molecule has 33 heavy (non-hydrogen) atoms. The highest BCUT2D eigenvalue weighted by molar-refractivity contribution is 6.62. The third-order valence-electron chi connectivity index (χ3n) is 6.60. The molecule has 0 aliphatic heterocycles. The minimum atomic E-state index is -1.63. The van der Waals surface area contributed by atoms with Crippen LogP contribution >= 0.6 is 0 Å². The zero-order valence-corrected chi connectivity index (χ0v) is 17.6. The summed E-state index contributed by atoms with van der Waals surface area (Å²) in [6.07, 6.45) is 0. The first-order valence-corrected chi connectivity index (χ1v) is 10.9. The number of aromatic nitrogens is 1. The summed E-state index contributed by atoms with van der Waals surface area (Å²) < 4.78 is 8.69. The highest BCUT2D eigenvalue weighted by Gasteiger charge is 2.24. The summed E-state index contributed by atoms with van der Waals surface area (Å²) >= 11 is 0. The maximum absolute atomic E-state index is 10.1. The first kappa shape index (κ1) is 18.5. The highest BCUT2D eigenvalue weighted by atomic mass is 16.4. The highest BCUT2D eigenvalue weighted by Crippen LogP contribution is 2.39. The van der Waals surface area contributed by atoms with Crippen LogP contribution in [0.5, 0.6) is 0 Å². The van der Waals surface area contributed by atoms with E-state index in [9.17, 15) is 10.0 Å². The Balaban J connectivity index is 1.69. The van der Waals surface area contributed by atoms with Crippen LogP contribution in [-0.2, 0) is 0 Å². The first-order valence-electron chi connectivity index (χ1n) is 10.9. The number of furan rings is 1. The molecule has 0 bridgehead atoms. The maximum Gasteiger partial charge on any atom is 0.492 e. The molecule has 0 unspecified atom stereocenters. The summed E-state index contributed by atoms with van der Waals surface area (Å²) in [6.45, 7) is 0. The van der Waals surface area contributed by atoms with Gasteiger partial charge in [-0.25, -0.2) is 0 Å². The number of benzene rings is 5. The van der Waals surface area contributed by atoms with E-state index < -0.39 is 7.12 Å². The summed E-state index contributed by atoms with van der Waals surface area (Å²) in [5, 5.41) is 26.4. The third-order valence-corrected chi connectivity index (χ3v) is 6.60. The van der Waals surface area contributed by atoms with Crippen molar-refractivity contribution in [2.45, 2.75) is 0 Å². The van der Waals surface area contributed by atoms with Crippen molar-refractivity contribution >= 4 is 67.1 Å². The van der Waals surface area contributed by atoms with Gasteiger partial charge in [0.05, 0.1) is 16.7 Å². The molecule has 2 aromatic heterocycles. The number of fused-ring (bicyclic) bond motifs is 8. The van der Waals surface area contributed by atoms with E-state index in [1.807, 2.05) is 48.5 Å². The van der Waals surface area contributed by atoms with E-state index in [4.69, 9.17) is 4.42 Å². The Hall–Kier alpha value is -4.06. The van der Waals surface area contributed by atoms with Crippen LogP contribution in [0, 0.1) is 0 Å². The quantitative estimate of drug-likeness (QED) is 0.358. The molecule has 7 rings (SSSR count). The van der Waals surface area contributed by atoms with Crippen molar-refractivity contribution in [3.63, 3.8) is 0 Å². The molecule has 0 aliphatic carbocycles. The molecule has 0 radical (unpaired) electrons. The van der Waals surface area contributed by atoms with Gasteiger partial charge in [0.25, 0.3) is 0 Å². The largest absolute Gasteiger partial charge is 0.492 e. The van der Waals surface area contributed by atoms with Gasteiger partial charge < -0.3 is 19.0 Å².